The molecule has 154 valence electrons. The van der Waals surface area contributed by atoms with Crippen LogP contribution < -0.4 is 0 Å². The van der Waals surface area contributed by atoms with Crippen molar-refractivity contribution >= 4 is 5.91 Å². The summed E-state index contributed by atoms with van der Waals surface area (Å²) in [6, 6.07) is 19.4. The summed E-state index contributed by atoms with van der Waals surface area (Å²) in [7, 11) is 0. The lowest BCUT2D eigenvalue weighted by molar-refractivity contribution is -0.132. The standard InChI is InChI=1S/C25H32N2O2/c1-18(26(19(2)28)17-20-7-4-3-5-8-20)16-27-23-11-12-24(27)14-22(13-23)21-9-6-10-25(29)15-21/h3-10,15,18,22-24,29H,11-14,16-17H2,1-2H3/t18-,22-,23+,24-/m1/s1. The Morgan fingerprint density at radius 1 is 1.10 bits per heavy atom. The smallest absolute Gasteiger partial charge is 0.220 e. The van der Waals surface area contributed by atoms with Crippen molar-refractivity contribution in [2.75, 3.05) is 6.54 Å². The van der Waals surface area contributed by atoms with Crippen LogP contribution >= 0.6 is 0 Å². The summed E-state index contributed by atoms with van der Waals surface area (Å²) in [5.74, 6) is 1.03. The first-order chi connectivity index (χ1) is 14.0. The van der Waals surface area contributed by atoms with E-state index < -0.39 is 0 Å². The van der Waals surface area contributed by atoms with Gasteiger partial charge in [0.1, 0.15) is 5.75 Å². The highest BCUT2D eigenvalue weighted by molar-refractivity contribution is 5.73. The van der Waals surface area contributed by atoms with Crippen molar-refractivity contribution in [3.8, 4) is 5.75 Å². The van der Waals surface area contributed by atoms with Crippen molar-refractivity contribution in [1.29, 1.82) is 0 Å². The third kappa shape index (κ3) is 4.48. The van der Waals surface area contributed by atoms with Gasteiger partial charge in [-0.3, -0.25) is 9.69 Å². The number of amides is 1. The van der Waals surface area contributed by atoms with Crippen LogP contribution in [0.15, 0.2) is 54.6 Å². The second kappa shape index (κ2) is 8.58. The van der Waals surface area contributed by atoms with Crippen molar-refractivity contribution < 1.29 is 9.90 Å². The van der Waals surface area contributed by atoms with E-state index in [-0.39, 0.29) is 11.9 Å². The molecule has 1 N–H and O–H groups in total. The molecule has 4 rings (SSSR count). The van der Waals surface area contributed by atoms with Crippen molar-refractivity contribution in [3.05, 3.63) is 65.7 Å². The number of carbonyl (C=O) groups excluding carboxylic acids is 1. The molecule has 29 heavy (non-hydrogen) atoms. The molecular weight excluding hydrogens is 360 g/mol. The number of piperidine rings is 1. The minimum absolute atomic E-state index is 0.142. The Labute approximate surface area is 174 Å². The Kier molecular flexibility index (Phi) is 5.91. The fraction of sp³-hybridized carbons (Fsp3) is 0.480. The van der Waals surface area contributed by atoms with Gasteiger partial charge in [0, 0.05) is 38.1 Å². The van der Waals surface area contributed by atoms with E-state index in [4.69, 9.17) is 0 Å². The highest BCUT2D eigenvalue weighted by Gasteiger charge is 2.41. The maximum atomic E-state index is 12.4. The number of carbonyl (C=O) groups is 1. The van der Waals surface area contributed by atoms with Crippen molar-refractivity contribution in [1.82, 2.24) is 9.80 Å². The first kappa shape index (κ1) is 20.0. The van der Waals surface area contributed by atoms with Crippen LogP contribution in [0.5, 0.6) is 5.75 Å². The largest absolute Gasteiger partial charge is 0.508 e. The molecule has 2 saturated heterocycles. The van der Waals surface area contributed by atoms with Crippen LogP contribution in [0.2, 0.25) is 0 Å². The van der Waals surface area contributed by atoms with E-state index in [1.165, 1.54) is 24.0 Å². The molecule has 2 aromatic carbocycles. The summed E-state index contributed by atoms with van der Waals surface area (Å²) in [5, 5.41) is 9.85. The quantitative estimate of drug-likeness (QED) is 0.785. The van der Waals surface area contributed by atoms with Gasteiger partial charge in [0.15, 0.2) is 0 Å². The number of nitrogens with zero attached hydrogens (tertiary/aromatic N) is 2. The molecular formula is C25H32N2O2. The molecule has 4 nitrogen and oxygen atoms in total. The third-order valence-corrected chi connectivity index (χ3v) is 6.83. The number of fused-ring (bicyclic) bond motifs is 2. The van der Waals surface area contributed by atoms with Crippen LogP contribution in [0.4, 0.5) is 0 Å². The number of phenolic OH excluding ortho intramolecular Hbond substituents is 1. The first-order valence-electron chi connectivity index (χ1n) is 10.9. The molecule has 2 heterocycles. The zero-order valence-corrected chi connectivity index (χ0v) is 17.5. The van der Waals surface area contributed by atoms with Gasteiger partial charge < -0.3 is 10.0 Å². The van der Waals surface area contributed by atoms with Gasteiger partial charge in [0.25, 0.3) is 0 Å². The second-order valence-electron chi connectivity index (χ2n) is 8.83. The van der Waals surface area contributed by atoms with Gasteiger partial charge in [0.05, 0.1) is 0 Å². The molecule has 4 heteroatoms. The fourth-order valence-corrected chi connectivity index (χ4v) is 5.38. The molecule has 2 bridgehead atoms. The minimum atomic E-state index is 0.142. The lowest BCUT2D eigenvalue weighted by Crippen LogP contribution is -2.50. The van der Waals surface area contributed by atoms with E-state index in [9.17, 15) is 9.90 Å². The Balaban J connectivity index is 1.42. The summed E-state index contributed by atoms with van der Waals surface area (Å²) < 4.78 is 0. The zero-order chi connectivity index (χ0) is 20.4. The Bertz CT molecular complexity index is 824. The van der Waals surface area contributed by atoms with E-state index >= 15 is 0 Å². The highest BCUT2D eigenvalue weighted by Crippen LogP contribution is 2.43. The van der Waals surface area contributed by atoms with Crippen LogP contribution in [-0.4, -0.2) is 45.5 Å². The topological polar surface area (TPSA) is 43.8 Å². The Hall–Kier alpha value is -2.33. The number of rotatable bonds is 6. The molecule has 0 aliphatic carbocycles. The van der Waals surface area contributed by atoms with E-state index in [0.717, 1.165) is 19.4 Å². The number of aromatic hydroxyl groups is 1. The Morgan fingerprint density at radius 3 is 2.41 bits per heavy atom. The fourth-order valence-electron chi connectivity index (χ4n) is 5.38. The van der Waals surface area contributed by atoms with Crippen LogP contribution in [-0.2, 0) is 11.3 Å². The lowest BCUT2D eigenvalue weighted by atomic mass is 9.85. The van der Waals surface area contributed by atoms with Gasteiger partial charge in [-0.25, -0.2) is 0 Å². The molecule has 2 fully saturated rings. The molecule has 2 aromatic rings. The minimum Gasteiger partial charge on any atom is -0.508 e. The zero-order valence-electron chi connectivity index (χ0n) is 17.5. The predicted molar refractivity (Wildman–Crippen MR) is 116 cm³/mol. The van der Waals surface area contributed by atoms with Gasteiger partial charge in [0.2, 0.25) is 5.91 Å². The molecule has 1 amide bonds. The van der Waals surface area contributed by atoms with Crippen LogP contribution in [0, 0.1) is 0 Å². The van der Waals surface area contributed by atoms with Crippen molar-refractivity contribution in [2.24, 2.45) is 0 Å². The first-order valence-corrected chi connectivity index (χ1v) is 10.9. The van der Waals surface area contributed by atoms with Gasteiger partial charge in [-0.2, -0.15) is 0 Å². The van der Waals surface area contributed by atoms with Gasteiger partial charge in [-0.15, -0.1) is 0 Å². The molecule has 4 atom stereocenters. The average molecular weight is 393 g/mol. The molecule has 2 aliphatic rings. The van der Waals surface area contributed by atoms with Gasteiger partial charge in [-0.05, 0) is 61.8 Å². The molecule has 0 spiro atoms. The molecule has 2 aliphatic heterocycles. The third-order valence-electron chi connectivity index (χ3n) is 6.83. The summed E-state index contributed by atoms with van der Waals surface area (Å²) in [5.41, 5.74) is 2.45. The normalized spacial score (nSPS) is 25.0. The van der Waals surface area contributed by atoms with E-state index in [1.54, 1.807) is 13.0 Å². The average Bonchev–Trinajstić information content (AvgIpc) is 2.94. The monoisotopic (exact) mass is 392 g/mol. The SMILES string of the molecule is CC(=O)N(Cc1ccccc1)[C@H](C)CN1[C@@H]2CC[C@H]1C[C@@H](c1cccc(O)c1)C2. The van der Waals surface area contributed by atoms with E-state index in [0.29, 0.717) is 30.3 Å². The second-order valence-corrected chi connectivity index (χ2v) is 8.83. The molecule has 0 radical (unpaired) electrons. The summed E-state index contributed by atoms with van der Waals surface area (Å²) in [4.78, 5) is 17.0. The van der Waals surface area contributed by atoms with Crippen molar-refractivity contribution in [3.63, 3.8) is 0 Å². The summed E-state index contributed by atoms with van der Waals surface area (Å²) >= 11 is 0. The van der Waals surface area contributed by atoms with Gasteiger partial charge >= 0.3 is 0 Å². The maximum Gasteiger partial charge on any atom is 0.220 e. The van der Waals surface area contributed by atoms with Crippen LogP contribution in [0.1, 0.15) is 56.6 Å². The number of hydrogen-bond donors (Lipinski definition) is 1. The highest BCUT2D eigenvalue weighted by atomic mass is 16.3. The van der Waals surface area contributed by atoms with E-state index in [1.807, 2.05) is 35.2 Å². The van der Waals surface area contributed by atoms with Crippen LogP contribution in [0.3, 0.4) is 0 Å². The van der Waals surface area contributed by atoms with Crippen LogP contribution in [0.25, 0.3) is 0 Å². The lowest BCUT2D eigenvalue weighted by Gasteiger charge is -2.42. The summed E-state index contributed by atoms with van der Waals surface area (Å²) in [6.45, 7) is 5.48. The predicted octanol–water partition coefficient (Wildman–Crippen LogP) is 4.54. The summed E-state index contributed by atoms with van der Waals surface area (Å²) in [6.07, 6.45) is 4.77. The number of benzene rings is 2. The van der Waals surface area contributed by atoms with E-state index in [2.05, 4.69) is 30.0 Å². The van der Waals surface area contributed by atoms with Gasteiger partial charge in [-0.1, -0.05) is 42.5 Å². The number of phenols is 1. The van der Waals surface area contributed by atoms with Crippen molar-refractivity contribution in [2.45, 2.75) is 70.1 Å². The molecule has 0 saturated carbocycles. The Morgan fingerprint density at radius 2 is 1.79 bits per heavy atom. The molecule has 0 unspecified atom stereocenters. The number of hydrogen-bond acceptors (Lipinski definition) is 3. The molecule has 0 aromatic heterocycles. The maximum absolute atomic E-state index is 12.4.